The van der Waals surface area contributed by atoms with Crippen LogP contribution >= 0.6 is 11.8 Å². The molecule has 1 aliphatic heterocycles. The predicted octanol–water partition coefficient (Wildman–Crippen LogP) is 1.41. The van der Waals surface area contributed by atoms with Crippen molar-refractivity contribution in [2.75, 3.05) is 35.3 Å². The summed E-state index contributed by atoms with van der Waals surface area (Å²) in [5.41, 5.74) is 5.74. The lowest BCUT2D eigenvalue weighted by Gasteiger charge is -2.18. The van der Waals surface area contributed by atoms with Gasteiger partial charge in [0.2, 0.25) is 5.91 Å². The van der Waals surface area contributed by atoms with Crippen LogP contribution in [0.5, 0.6) is 0 Å². The number of nitrogens with two attached hydrogens (primary N) is 1. The molecule has 1 fully saturated rings. The van der Waals surface area contributed by atoms with Crippen molar-refractivity contribution < 1.29 is 9.59 Å². The van der Waals surface area contributed by atoms with Gasteiger partial charge in [-0.1, -0.05) is 0 Å². The topological polar surface area (TPSA) is 100 Å². The first-order valence-electron chi connectivity index (χ1n) is 7.67. The van der Waals surface area contributed by atoms with Gasteiger partial charge >= 0.3 is 6.03 Å². The summed E-state index contributed by atoms with van der Waals surface area (Å²) in [6, 6.07) is 2.39. The van der Waals surface area contributed by atoms with Gasteiger partial charge in [-0.2, -0.15) is 11.8 Å². The predicted molar refractivity (Wildman–Crippen MR) is 93.8 cm³/mol. The first-order valence-corrected chi connectivity index (χ1v) is 9.06. The maximum Gasteiger partial charge on any atom is 0.312 e. The average molecular weight is 337 g/mol. The van der Waals surface area contributed by atoms with Crippen molar-refractivity contribution in [3.63, 3.8) is 0 Å². The Kier molecular flexibility index (Phi) is 6.52. The van der Waals surface area contributed by atoms with Crippen LogP contribution in [0.25, 0.3) is 0 Å². The van der Waals surface area contributed by atoms with Crippen LogP contribution in [0.1, 0.15) is 19.3 Å². The van der Waals surface area contributed by atoms with E-state index >= 15 is 0 Å². The molecule has 0 aliphatic carbocycles. The van der Waals surface area contributed by atoms with Crippen LogP contribution in [0.2, 0.25) is 0 Å². The highest BCUT2D eigenvalue weighted by molar-refractivity contribution is 7.98. The van der Waals surface area contributed by atoms with E-state index < -0.39 is 12.1 Å². The van der Waals surface area contributed by atoms with E-state index in [0.29, 0.717) is 12.1 Å². The number of urea groups is 1. The van der Waals surface area contributed by atoms with Crippen LogP contribution in [-0.4, -0.2) is 48.1 Å². The molecule has 0 spiro atoms. The van der Waals surface area contributed by atoms with Gasteiger partial charge in [-0.3, -0.25) is 4.79 Å². The fourth-order valence-corrected chi connectivity index (χ4v) is 2.97. The van der Waals surface area contributed by atoms with Gasteiger partial charge in [0.25, 0.3) is 0 Å². The summed E-state index contributed by atoms with van der Waals surface area (Å²) in [5, 5.41) is 5.25. The van der Waals surface area contributed by atoms with E-state index in [9.17, 15) is 9.59 Å². The van der Waals surface area contributed by atoms with Gasteiger partial charge in [0, 0.05) is 13.1 Å². The number of anilines is 2. The van der Waals surface area contributed by atoms with E-state index in [4.69, 9.17) is 5.73 Å². The summed E-state index contributed by atoms with van der Waals surface area (Å²) in [6.07, 6.45) is 6.49. The molecule has 1 saturated heterocycles. The number of carbonyl (C=O) groups is 2. The van der Waals surface area contributed by atoms with Crippen molar-refractivity contribution in [1.29, 1.82) is 0 Å². The molecule has 2 heterocycles. The van der Waals surface area contributed by atoms with Gasteiger partial charge in [-0.25, -0.2) is 9.78 Å². The van der Waals surface area contributed by atoms with Crippen LogP contribution in [-0.2, 0) is 4.79 Å². The van der Waals surface area contributed by atoms with Gasteiger partial charge in [0.1, 0.15) is 11.9 Å². The van der Waals surface area contributed by atoms with Gasteiger partial charge in [0.05, 0.1) is 11.9 Å². The summed E-state index contributed by atoms with van der Waals surface area (Å²) >= 11 is 1.61. The minimum atomic E-state index is -0.700. The lowest BCUT2D eigenvalue weighted by molar-refractivity contribution is -0.117. The summed E-state index contributed by atoms with van der Waals surface area (Å²) < 4.78 is 0. The molecule has 1 aliphatic rings. The number of rotatable bonds is 7. The Morgan fingerprint density at radius 3 is 2.70 bits per heavy atom. The Bertz CT molecular complexity index is 531. The molecule has 0 bridgehead atoms. The van der Waals surface area contributed by atoms with Crippen molar-refractivity contribution in [3.8, 4) is 0 Å². The molecule has 23 heavy (non-hydrogen) atoms. The molecule has 1 aromatic rings. The largest absolute Gasteiger partial charge is 0.357 e. The Morgan fingerprint density at radius 2 is 2.13 bits per heavy atom. The summed E-state index contributed by atoms with van der Waals surface area (Å²) in [6.45, 7) is 2.05. The van der Waals surface area contributed by atoms with Crippen LogP contribution in [0.15, 0.2) is 18.3 Å². The summed E-state index contributed by atoms with van der Waals surface area (Å²) in [7, 11) is 0. The molecule has 1 atom stereocenters. The number of thioether (sulfide) groups is 1. The van der Waals surface area contributed by atoms with Crippen LogP contribution in [0.3, 0.4) is 0 Å². The zero-order chi connectivity index (χ0) is 16.7. The SMILES string of the molecule is CSCC[C@@H](NC(N)=O)C(=O)Nc1ccc(N2CCCC2)nc1. The number of aromatic nitrogens is 1. The second-order valence-corrected chi connectivity index (χ2v) is 6.42. The molecule has 0 aromatic carbocycles. The number of carbonyl (C=O) groups excluding carboxylic acids is 2. The molecule has 7 nitrogen and oxygen atoms in total. The number of primary amides is 1. The monoisotopic (exact) mass is 337 g/mol. The number of nitrogens with one attached hydrogen (secondary N) is 2. The zero-order valence-corrected chi connectivity index (χ0v) is 14.1. The molecule has 2 rings (SSSR count). The van der Waals surface area contributed by atoms with Gasteiger partial charge in [-0.05, 0) is 43.4 Å². The number of pyridine rings is 1. The maximum absolute atomic E-state index is 12.3. The molecule has 0 unspecified atom stereocenters. The first kappa shape index (κ1) is 17.4. The Labute approximate surface area is 140 Å². The highest BCUT2D eigenvalue weighted by atomic mass is 32.2. The van der Waals surface area contributed by atoms with Crippen LogP contribution in [0, 0.1) is 0 Å². The van der Waals surface area contributed by atoms with Gasteiger partial charge in [-0.15, -0.1) is 0 Å². The number of nitrogens with zero attached hydrogens (tertiary/aromatic N) is 2. The molecule has 126 valence electrons. The minimum Gasteiger partial charge on any atom is -0.357 e. The quantitative estimate of drug-likeness (QED) is 0.698. The van der Waals surface area contributed by atoms with Crippen LogP contribution in [0.4, 0.5) is 16.3 Å². The highest BCUT2D eigenvalue weighted by Gasteiger charge is 2.20. The van der Waals surface area contributed by atoms with E-state index in [0.717, 1.165) is 24.7 Å². The lowest BCUT2D eigenvalue weighted by atomic mass is 10.2. The minimum absolute atomic E-state index is 0.284. The smallest absolute Gasteiger partial charge is 0.312 e. The molecule has 8 heteroatoms. The first-order chi connectivity index (χ1) is 11.1. The molecule has 0 saturated carbocycles. The molecular weight excluding hydrogens is 314 g/mol. The summed E-state index contributed by atoms with van der Waals surface area (Å²) in [4.78, 5) is 29.9. The third-order valence-corrected chi connectivity index (χ3v) is 4.33. The average Bonchev–Trinajstić information content (AvgIpc) is 3.06. The Hall–Kier alpha value is -1.96. The van der Waals surface area contributed by atoms with Gasteiger partial charge in [0.15, 0.2) is 0 Å². The highest BCUT2D eigenvalue weighted by Crippen LogP contribution is 2.19. The number of hydrogen-bond donors (Lipinski definition) is 3. The Morgan fingerprint density at radius 1 is 1.39 bits per heavy atom. The van der Waals surface area contributed by atoms with Crippen LogP contribution < -0.4 is 21.3 Å². The maximum atomic E-state index is 12.3. The fraction of sp³-hybridized carbons (Fsp3) is 0.533. The Balaban J connectivity index is 1.95. The number of amides is 3. The van der Waals surface area contributed by atoms with Gasteiger partial charge < -0.3 is 21.3 Å². The zero-order valence-electron chi connectivity index (χ0n) is 13.2. The number of hydrogen-bond acceptors (Lipinski definition) is 5. The second-order valence-electron chi connectivity index (χ2n) is 5.43. The van der Waals surface area contributed by atoms with E-state index in [1.54, 1.807) is 18.0 Å². The molecule has 1 aromatic heterocycles. The molecule has 3 amide bonds. The third-order valence-electron chi connectivity index (χ3n) is 3.69. The van der Waals surface area contributed by atoms with Crippen molar-refractivity contribution in [2.45, 2.75) is 25.3 Å². The van der Waals surface area contributed by atoms with E-state index in [2.05, 4.69) is 20.5 Å². The molecule has 0 radical (unpaired) electrons. The fourth-order valence-electron chi connectivity index (χ4n) is 2.50. The summed E-state index contributed by atoms with van der Waals surface area (Å²) in [5.74, 6) is 1.40. The van der Waals surface area contributed by atoms with Crippen molar-refractivity contribution in [1.82, 2.24) is 10.3 Å². The molecule has 4 N–H and O–H groups in total. The van der Waals surface area contributed by atoms with Crippen molar-refractivity contribution in [3.05, 3.63) is 18.3 Å². The van der Waals surface area contributed by atoms with Crippen molar-refractivity contribution in [2.24, 2.45) is 5.73 Å². The van der Waals surface area contributed by atoms with Crippen molar-refractivity contribution >= 4 is 35.2 Å². The van der Waals surface area contributed by atoms with E-state index in [1.807, 2.05) is 18.4 Å². The van der Waals surface area contributed by atoms with E-state index in [1.165, 1.54) is 12.8 Å². The molecular formula is C15H23N5O2S. The lowest BCUT2D eigenvalue weighted by Crippen LogP contribution is -2.46. The third kappa shape index (κ3) is 5.31. The normalized spacial score (nSPS) is 15.3. The standard InChI is InChI=1S/C15H23N5O2S/c1-23-9-6-12(19-15(16)22)14(21)18-11-4-5-13(17-10-11)20-7-2-3-8-20/h4-5,10,12H,2-3,6-9H2,1H3,(H,18,21)(H3,16,19,22)/t12-/m1/s1. The van der Waals surface area contributed by atoms with E-state index in [-0.39, 0.29) is 5.91 Å². The second kappa shape index (κ2) is 8.61.